The van der Waals surface area contributed by atoms with Crippen LogP contribution in [0.15, 0.2) is 0 Å². The van der Waals surface area contributed by atoms with E-state index in [0.717, 1.165) is 0 Å². The fourth-order valence-corrected chi connectivity index (χ4v) is 2.27. The molecule has 122 valence electrons. The second kappa shape index (κ2) is 6.64. The van der Waals surface area contributed by atoms with Crippen LogP contribution in [0.1, 0.15) is 20.8 Å². The minimum Gasteiger partial charge on any atom is -0.481 e. The Bertz CT molecular complexity index is 399. The number of nitrogens with zero attached hydrogens (tertiary/aromatic N) is 1. The van der Waals surface area contributed by atoms with Crippen LogP contribution in [0.5, 0.6) is 0 Å². The Morgan fingerprint density at radius 1 is 1.29 bits per heavy atom. The Morgan fingerprint density at radius 3 is 2.24 bits per heavy atom. The summed E-state index contributed by atoms with van der Waals surface area (Å²) >= 11 is 0. The first-order valence-electron chi connectivity index (χ1n) is 6.83. The molecule has 8 heteroatoms. The summed E-state index contributed by atoms with van der Waals surface area (Å²) in [6, 6.07) is -0.0891. The van der Waals surface area contributed by atoms with E-state index >= 15 is 0 Å². The molecular formula is C13H21F3N2O3. The highest BCUT2D eigenvalue weighted by Crippen LogP contribution is 2.37. The van der Waals surface area contributed by atoms with Gasteiger partial charge < -0.3 is 10.4 Å². The van der Waals surface area contributed by atoms with Gasteiger partial charge in [0.05, 0.1) is 18.4 Å². The van der Waals surface area contributed by atoms with Crippen LogP contribution in [0.25, 0.3) is 0 Å². The Morgan fingerprint density at radius 2 is 1.86 bits per heavy atom. The quantitative estimate of drug-likeness (QED) is 0.804. The summed E-state index contributed by atoms with van der Waals surface area (Å²) in [5, 5.41) is 11.6. The van der Waals surface area contributed by atoms with E-state index in [-0.39, 0.29) is 31.0 Å². The van der Waals surface area contributed by atoms with Crippen molar-refractivity contribution in [1.82, 2.24) is 10.2 Å². The molecule has 0 bridgehead atoms. The molecule has 21 heavy (non-hydrogen) atoms. The lowest BCUT2D eigenvalue weighted by Gasteiger charge is -2.21. The van der Waals surface area contributed by atoms with Gasteiger partial charge in [-0.2, -0.15) is 13.2 Å². The zero-order valence-corrected chi connectivity index (χ0v) is 12.3. The van der Waals surface area contributed by atoms with Gasteiger partial charge in [-0.15, -0.1) is 0 Å². The number of alkyl halides is 3. The van der Waals surface area contributed by atoms with Crippen LogP contribution in [-0.2, 0) is 9.59 Å². The van der Waals surface area contributed by atoms with E-state index in [2.05, 4.69) is 5.32 Å². The normalized spacial score (nSPS) is 25.1. The van der Waals surface area contributed by atoms with Crippen LogP contribution in [0, 0.1) is 17.8 Å². The average Bonchev–Trinajstić information content (AvgIpc) is 2.72. The molecular weight excluding hydrogens is 289 g/mol. The maximum atomic E-state index is 12.8. The van der Waals surface area contributed by atoms with Crippen LogP contribution in [0.3, 0.4) is 0 Å². The first-order chi connectivity index (χ1) is 9.52. The molecule has 0 saturated carbocycles. The number of carbonyl (C=O) groups excluding carboxylic acids is 1. The fraction of sp³-hybridized carbons (Fsp3) is 0.846. The molecule has 1 saturated heterocycles. The molecule has 0 radical (unpaired) electrons. The van der Waals surface area contributed by atoms with Gasteiger partial charge in [-0.05, 0) is 12.8 Å². The van der Waals surface area contributed by atoms with Crippen molar-refractivity contribution in [3.8, 4) is 0 Å². The highest BCUT2D eigenvalue weighted by atomic mass is 19.4. The van der Waals surface area contributed by atoms with Crippen molar-refractivity contribution in [2.45, 2.75) is 33.0 Å². The SMILES string of the molecule is CC(C)C(C)NC(=O)CN1C[C@@H](C(F)(F)F)[C@H](C(=O)O)C1. The van der Waals surface area contributed by atoms with E-state index in [1.807, 2.05) is 20.8 Å². The second-order valence-corrected chi connectivity index (χ2v) is 5.89. The van der Waals surface area contributed by atoms with Crippen molar-refractivity contribution in [1.29, 1.82) is 0 Å². The van der Waals surface area contributed by atoms with E-state index in [9.17, 15) is 22.8 Å². The molecule has 1 fully saturated rings. The van der Waals surface area contributed by atoms with E-state index in [0.29, 0.717) is 0 Å². The maximum Gasteiger partial charge on any atom is 0.393 e. The highest BCUT2D eigenvalue weighted by Gasteiger charge is 2.52. The Kier molecular flexibility index (Phi) is 5.61. The summed E-state index contributed by atoms with van der Waals surface area (Å²) in [6.45, 7) is 4.72. The van der Waals surface area contributed by atoms with Crippen LogP contribution in [0.2, 0.25) is 0 Å². The Balaban J connectivity index is 2.62. The number of likely N-dealkylation sites (tertiary alicyclic amines) is 1. The van der Waals surface area contributed by atoms with Crippen molar-refractivity contribution in [2.24, 2.45) is 17.8 Å². The minimum atomic E-state index is -4.57. The summed E-state index contributed by atoms with van der Waals surface area (Å²) in [4.78, 5) is 23.9. The molecule has 5 nitrogen and oxygen atoms in total. The third kappa shape index (κ3) is 4.87. The molecule has 0 aliphatic carbocycles. The summed E-state index contributed by atoms with van der Waals surface area (Å²) in [5.74, 6) is -5.09. The number of nitrogens with one attached hydrogen (secondary N) is 1. The highest BCUT2D eigenvalue weighted by molar-refractivity contribution is 5.78. The fourth-order valence-electron chi connectivity index (χ4n) is 2.27. The largest absolute Gasteiger partial charge is 0.481 e. The third-order valence-corrected chi connectivity index (χ3v) is 3.89. The number of aliphatic carboxylic acids is 1. The van der Waals surface area contributed by atoms with Crippen LogP contribution < -0.4 is 5.32 Å². The molecule has 0 aromatic rings. The number of amides is 1. The third-order valence-electron chi connectivity index (χ3n) is 3.89. The minimum absolute atomic E-state index is 0.0891. The standard InChI is InChI=1S/C13H21F3N2O3/c1-7(2)8(3)17-11(19)6-18-4-9(12(20)21)10(5-18)13(14,15)16/h7-10H,4-6H2,1-3H3,(H,17,19)(H,20,21)/t8?,9-,10-/m1/s1. The van der Waals surface area contributed by atoms with Crippen molar-refractivity contribution in [3.05, 3.63) is 0 Å². The molecule has 1 aliphatic heterocycles. The number of halogens is 3. The van der Waals surface area contributed by atoms with Crippen molar-refractivity contribution >= 4 is 11.9 Å². The molecule has 0 aromatic carbocycles. The predicted octanol–water partition coefficient (Wildman–Crippen LogP) is 1.34. The summed E-state index contributed by atoms with van der Waals surface area (Å²) < 4.78 is 38.4. The van der Waals surface area contributed by atoms with Gasteiger partial charge in [-0.1, -0.05) is 13.8 Å². The average molecular weight is 310 g/mol. The molecule has 0 aromatic heterocycles. The summed E-state index contributed by atoms with van der Waals surface area (Å²) in [5.41, 5.74) is 0. The second-order valence-electron chi connectivity index (χ2n) is 5.89. The molecule has 0 spiro atoms. The lowest BCUT2D eigenvalue weighted by atomic mass is 9.96. The maximum absolute atomic E-state index is 12.8. The number of rotatable bonds is 5. The Hall–Kier alpha value is -1.31. The molecule has 1 heterocycles. The molecule has 1 amide bonds. The van der Waals surface area contributed by atoms with Crippen LogP contribution >= 0.6 is 0 Å². The Labute approximate surface area is 121 Å². The summed E-state index contributed by atoms with van der Waals surface area (Å²) in [7, 11) is 0. The molecule has 1 rings (SSSR count). The summed E-state index contributed by atoms with van der Waals surface area (Å²) in [6.07, 6.45) is -4.57. The van der Waals surface area contributed by atoms with Gasteiger partial charge in [0.1, 0.15) is 0 Å². The number of carboxylic acids is 1. The van der Waals surface area contributed by atoms with Gasteiger partial charge in [0, 0.05) is 19.1 Å². The smallest absolute Gasteiger partial charge is 0.393 e. The van der Waals surface area contributed by atoms with Crippen LogP contribution in [-0.4, -0.2) is 53.7 Å². The molecule has 3 atom stereocenters. The van der Waals surface area contributed by atoms with Gasteiger partial charge in [0.2, 0.25) is 5.91 Å². The zero-order valence-electron chi connectivity index (χ0n) is 12.3. The molecule has 1 unspecified atom stereocenters. The number of hydrogen-bond donors (Lipinski definition) is 2. The molecule has 2 N–H and O–H groups in total. The van der Waals surface area contributed by atoms with E-state index in [1.54, 1.807) is 0 Å². The monoisotopic (exact) mass is 310 g/mol. The van der Waals surface area contributed by atoms with Crippen molar-refractivity contribution < 1.29 is 27.9 Å². The van der Waals surface area contributed by atoms with Gasteiger partial charge >= 0.3 is 12.1 Å². The van der Waals surface area contributed by atoms with E-state index in [4.69, 9.17) is 5.11 Å². The van der Waals surface area contributed by atoms with Crippen molar-refractivity contribution in [2.75, 3.05) is 19.6 Å². The predicted molar refractivity (Wildman–Crippen MR) is 69.6 cm³/mol. The zero-order chi connectivity index (χ0) is 16.4. The van der Waals surface area contributed by atoms with Gasteiger partial charge in [-0.3, -0.25) is 14.5 Å². The van der Waals surface area contributed by atoms with Gasteiger partial charge in [-0.25, -0.2) is 0 Å². The van der Waals surface area contributed by atoms with Crippen LogP contribution in [0.4, 0.5) is 13.2 Å². The number of hydrogen-bond acceptors (Lipinski definition) is 3. The molecule has 1 aliphatic rings. The van der Waals surface area contributed by atoms with Crippen molar-refractivity contribution in [3.63, 3.8) is 0 Å². The number of carboxylic acid groups (broad SMARTS) is 1. The van der Waals surface area contributed by atoms with Gasteiger partial charge in [0.15, 0.2) is 0 Å². The van der Waals surface area contributed by atoms with Gasteiger partial charge in [0.25, 0.3) is 0 Å². The topological polar surface area (TPSA) is 69.6 Å². The number of carbonyl (C=O) groups is 2. The van der Waals surface area contributed by atoms with E-state index in [1.165, 1.54) is 4.90 Å². The lowest BCUT2D eigenvalue weighted by Crippen LogP contribution is -2.42. The first-order valence-corrected chi connectivity index (χ1v) is 6.83. The van der Waals surface area contributed by atoms with E-state index < -0.39 is 30.5 Å². The lowest BCUT2D eigenvalue weighted by molar-refractivity contribution is -0.188. The first kappa shape index (κ1) is 17.7.